The number of nitrogens with zero attached hydrogens (tertiary/aromatic N) is 2. The molecular weight excluding hydrogens is 349 g/mol. The van der Waals surface area contributed by atoms with E-state index in [1.807, 2.05) is 30.5 Å². The highest BCUT2D eigenvalue weighted by molar-refractivity contribution is 5.83. The zero-order valence-corrected chi connectivity index (χ0v) is 13.8. The van der Waals surface area contributed by atoms with Crippen molar-refractivity contribution in [1.82, 2.24) is 20.5 Å². The molecule has 0 saturated carbocycles. The molecule has 0 bridgehead atoms. The molecule has 0 radical (unpaired) electrons. The van der Waals surface area contributed by atoms with Crippen LogP contribution in [0, 0.1) is 0 Å². The van der Waals surface area contributed by atoms with Crippen molar-refractivity contribution in [3.8, 4) is 0 Å². The molecule has 1 amide bonds. The molecule has 138 valence electrons. The molecular formula is C17H17F3N4O2. The summed E-state index contributed by atoms with van der Waals surface area (Å²) in [6.07, 6.45) is -1.28. The van der Waals surface area contributed by atoms with Gasteiger partial charge in [0.25, 0.3) is 0 Å². The second kappa shape index (κ2) is 7.59. The van der Waals surface area contributed by atoms with E-state index < -0.39 is 18.6 Å². The summed E-state index contributed by atoms with van der Waals surface area (Å²) in [4.78, 5) is 14.6. The van der Waals surface area contributed by atoms with E-state index in [1.165, 1.54) is 0 Å². The smallest absolute Gasteiger partial charge is 0.405 e. The number of aromatic amines is 1. The number of aromatic nitrogens is 3. The van der Waals surface area contributed by atoms with Crippen LogP contribution in [-0.2, 0) is 24.1 Å². The first kappa shape index (κ1) is 18.0. The van der Waals surface area contributed by atoms with Crippen molar-refractivity contribution in [3.63, 3.8) is 0 Å². The minimum atomic E-state index is -4.42. The van der Waals surface area contributed by atoms with Crippen molar-refractivity contribution in [2.24, 2.45) is 0 Å². The Bertz CT molecular complexity index is 885. The molecule has 26 heavy (non-hydrogen) atoms. The molecule has 2 heterocycles. The first-order valence-electron chi connectivity index (χ1n) is 8.10. The lowest BCUT2D eigenvalue weighted by atomic mass is 10.1. The second-order valence-electron chi connectivity index (χ2n) is 5.84. The van der Waals surface area contributed by atoms with Crippen molar-refractivity contribution < 1.29 is 22.4 Å². The molecule has 9 heteroatoms. The Balaban J connectivity index is 1.48. The lowest BCUT2D eigenvalue weighted by Gasteiger charge is -2.07. The number of nitrogens with one attached hydrogen (secondary N) is 2. The normalized spacial score (nSPS) is 11.8. The number of fused-ring (bicyclic) bond motifs is 1. The van der Waals surface area contributed by atoms with Crippen LogP contribution in [0.1, 0.15) is 23.8 Å². The number of hydrogen-bond acceptors (Lipinski definition) is 4. The molecule has 3 aromatic rings. The maximum atomic E-state index is 12.0. The topological polar surface area (TPSA) is 83.8 Å². The van der Waals surface area contributed by atoms with E-state index in [0.29, 0.717) is 18.7 Å². The maximum Gasteiger partial charge on any atom is 0.405 e. The zero-order valence-electron chi connectivity index (χ0n) is 13.8. The molecule has 0 saturated heterocycles. The molecule has 0 fully saturated rings. The summed E-state index contributed by atoms with van der Waals surface area (Å²) < 4.78 is 41.5. The van der Waals surface area contributed by atoms with E-state index in [9.17, 15) is 18.0 Å². The third-order valence-corrected chi connectivity index (χ3v) is 3.84. The third-order valence-electron chi connectivity index (χ3n) is 3.84. The Morgan fingerprint density at radius 2 is 1.85 bits per heavy atom. The number of alkyl halides is 3. The first-order valence-corrected chi connectivity index (χ1v) is 8.10. The van der Waals surface area contributed by atoms with Crippen molar-refractivity contribution in [3.05, 3.63) is 47.8 Å². The van der Waals surface area contributed by atoms with Gasteiger partial charge in [-0.25, -0.2) is 0 Å². The number of hydrogen-bond donors (Lipinski definition) is 2. The lowest BCUT2D eigenvalue weighted by Crippen LogP contribution is -2.33. The first-order chi connectivity index (χ1) is 12.4. The van der Waals surface area contributed by atoms with E-state index in [4.69, 9.17) is 4.42 Å². The van der Waals surface area contributed by atoms with Crippen LogP contribution >= 0.6 is 0 Å². The van der Waals surface area contributed by atoms with Gasteiger partial charge < -0.3 is 14.7 Å². The second-order valence-corrected chi connectivity index (χ2v) is 5.84. The molecule has 3 rings (SSSR count). The van der Waals surface area contributed by atoms with Gasteiger partial charge in [-0.1, -0.05) is 18.2 Å². The fourth-order valence-corrected chi connectivity index (χ4v) is 2.58. The van der Waals surface area contributed by atoms with Gasteiger partial charge in [-0.15, -0.1) is 10.2 Å². The number of aryl methyl sites for hydroxylation is 3. The van der Waals surface area contributed by atoms with Crippen LogP contribution in [0.4, 0.5) is 13.2 Å². The predicted molar refractivity (Wildman–Crippen MR) is 87.4 cm³/mol. The highest BCUT2D eigenvalue weighted by Crippen LogP contribution is 2.19. The number of H-pyrrole nitrogens is 1. The predicted octanol–water partition coefficient (Wildman–Crippen LogP) is 2.95. The van der Waals surface area contributed by atoms with Gasteiger partial charge in [0.2, 0.25) is 17.7 Å². The van der Waals surface area contributed by atoms with E-state index in [1.54, 1.807) is 5.32 Å². The molecule has 0 aliphatic heterocycles. The van der Waals surface area contributed by atoms with Gasteiger partial charge in [-0.2, -0.15) is 13.2 Å². The number of halogens is 3. The Labute approximate surface area is 146 Å². The lowest BCUT2D eigenvalue weighted by molar-refractivity contribution is -0.138. The van der Waals surface area contributed by atoms with Crippen LogP contribution in [0.2, 0.25) is 0 Å². The highest BCUT2D eigenvalue weighted by atomic mass is 19.4. The summed E-state index contributed by atoms with van der Waals surface area (Å²) in [5.74, 6) is -0.0390. The summed E-state index contributed by atoms with van der Waals surface area (Å²) in [7, 11) is 0. The minimum absolute atomic E-state index is 0.101. The van der Waals surface area contributed by atoms with E-state index in [0.717, 1.165) is 16.5 Å². The van der Waals surface area contributed by atoms with Crippen LogP contribution in [-0.4, -0.2) is 33.8 Å². The van der Waals surface area contributed by atoms with Crippen molar-refractivity contribution in [1.29, 1.82) is 0 Å². The van der Waals surface area contributed by atoms with Gasteiger partial charge in [0.15, 0.2) is 0 Å². The summed E-state index contributed by atoms with van der Waals surface area (Å²) in [5.41, 5.74) is 2.19. The molecule has 0 spiro atoms. The fraction of sp³-hybridized carbons (Fsp3) is 0.353. The van der Waals surface area contributed by atoms with Gasteiger partial charge in [-0.3, -0.25) is 4.79 Å². The van der Waals surface area contributed by atoms with E-state index >= 15 is 0 Å². The van der Waals surface area contributed by atoms with Gasteiger partial charge in [-0.05, 0) is 18.1 Å². The standard InChI is InChI=1S/C17H17F3N4O2/c18-17(19,20)10-22-14(25)6-8-16-24-23-15(26-16)7-5-11-9-21-13-4-2-1-3-12(11)13/h1-4,9,21H,5-8,10H2,(H,22,25). The summed E-state index contributed by atoms with van der Waals surface area (Å²) in [5, 5.41) is 10.7. The third kappa shape index (κ3) is 4.84. The van der Waals surface area contributed by atoms with Crippen molar-refractivity contribution in [2.45, 2.75) is 31.9 Å². The monoisotopic (exact) mass is 366 g/mol. The van der Waals surface area contributed by atoms with Crippen LogP contribution in [0.25, 0.3) is 10.9 Å². The van der Waals surface area contributed by atoms with Gasteiger partial charge in [0.1, 0.15) is 6.54 Å². The van der Waals surface area contributed by atoms with Gasteiger partial charge >= 0.3 is 6.18 Å². The number of benzene rings is 1. The Morgan fingerprint density at radius 1 is 1.12 bits per heavy atom. The Kier molecular flexibility index (Phi) is 5.24. The fourth-order valence-electron chi connectivity index (χ4n) is 2.58. The molecule has 1 aromatic carbocycles. The van der Waals surface area contributed by atoms with E-state index in [-0.39, 0.29) is 18.7 Å². The van der Waals surface area contributed by atoms with Crippen LogP contribution in [0.5, 0.6) is 0 Å². The Hall–Kier alpha value is -2.84. The quantitative estimate of drug-likeness (QED) is 0.673. The molecule has 6 nitrogen and oxygen atoms in total. The number of amides is 1. The maximum absolute atomic E-state index is 12.0. The largest absolute Gasteiger partial charge is 0.425 e. The number of carbonyl (C=O) groups is 1. The van der Waals surface area contributed by atoms with Crippen molar-refractivity contribution in [2.75, 3.05) is 6.54 Å². The van der Waals surface area contributed by atoms with Crippen LogP contribution in [0.3, 0.4) is 0 Å². The molecule has 2 aromatic heterocycles. The number of para-hydroxylation sites is 1. The van der Waals surface area contributed by atoms with Crippen LogP contribution in [0.15, 0.2) is 34.9 Å². The Morgan fingerprint density at radius 3 is 2.62 bits per heavy atom. The average Bonchev–Trinajstić information content (AvgIpc) is 3.22. The molecule has 0 aliphatic carbocycles. The molecule has 0 aliphatic rings. The summed E-state index contributed by atoms with van der Waals surface area (Å²) in [6, 6.07) is 7.94. The zero-order chi connectivity index (χ0) is 18.6. The summed E-state index contributed by atoms with van der Waals surface area (Å²) >= 11 is 0. The highest BCUT2D eigenvalue weighted by Gasteiger charge is 2.27. The molecule has 0 atom stereocenters. The SMILES string of the molecule is O=C(CCc1nnc(CCc2c[nH]c3ccccc23)o1)NCC(F)(F)F. The number of rotatable bonds is 7. The summed E-state index contributed by atoms with van der Waals surface area (Å²) in [6.45, 7) is -1.34. The minimum Gasteiger partial charge on any atom is -0.425 e. The molecule has 0 unspecified atom stereocenters. The average molecular weight is 366 g/mol. The van der Waals surface area contributed by atoms with Gasteiger partial charge in [0, 0.05) is 36.4 Å². The van der Waals surface area contributed by atoms with Crippen LogP contribution < -0.4 is 5.32 Å². The van der Waals surface area contributed by atoms with Gasteiger partial charge in [0.05, 0.1) is 0 Å². The van der Waals surface area contributed by atoms with E-state index in [2.05, 4.69) is 15.2 Å². The van der Waals surface area contributed by atoms with Crippen molar-refractivity contribution >= 4 is 16.8 Å². The molecule has 2 N–H and O–H groups in total. The number of carbonyl (C=O) groups excluding carboxylic acids is 1.